The lowest BCUT2D eigenvalue weighted by atomic mass is 10.1. The number of benzene rings is 1. The highest BCUT2D eigenvalue weighted by Gasteiger charge is 2.35. The van der Waals surface area contributed by atoms with Crippen molar-refractivity contribution in [3.05, 3.63) is 76.6 Å². The molecule has 138 valence electrons. The molecule has 0 bridgehead atoms. The minimum atomic E-state index is -0.361. The van der Waals surface area contributed by atoms with Crippen molar-refractivity contribution in [2.24, 2.45) is 5.10 Å². The van der Waals surface area contributed by atoms with Crippen LogP contribution in [0.25, 0.3) is 0 Å². The maximum Gasteiger partial charge on any atom is 0.262 e. The Labute approximate surface area is 160 Å². The van der Waals surface area contributed by atoms with Crippen LogP contribution in [-0.2, 0) is 4.79 Å². The summed E-state index contributed by atoms with van der Waals surface area (Å²) >= 11 is 1.59. The Morgan fingerprint density at radius 3 is 2.85 bits per heavy atom. The topological polar surface area (TPSA) is 49.1 Å². The van der Waals surface area contributed by atoms with E-state index >= 15 is 0 Å². The molecule has 2 aromatic heterocycles. The molecule has 1 aliphatic rings. The van der Waals surface area contributed by atoms with E-state index in [1.165, 1.54) is 11.1 Å². The molecule has 1 atom stereocenters. The monoisotopic (exact) mass is 383 g/mol. The highest BCUT2D eigenvalue weighted by Crippen LogP contribution is 2.34. The van der Waals surface area contributed by atoms with E-state index in [0.29, 0.717) is 17.9 Å². The minimum Gasteiger partial charge on any atom is -0.467 e. The van der Waals surface area contributed by atoms with Gasteiger partial charge in [-0.2, -0.15) is 5.10 Å². The van der Waals surface area contributed by atoms with Gasteiger partial charge < -0.3 is 9.32 Å². The van der Waals surface area contributed by atoms with E-state index in [1.807, 2.05) is 23.6 Å². The van der Waals surface area contributed by atoms with Crippen molar-refractivity contribution in [3.8, 4) is 0 Å². The lowest BCUT2D eigenvalue weighted by molar-refractivity contribution is -0.131. The van der Waals surface area contributed by atoms with Crippen LogP contribution >= 0.6 is 11.3 Å². The van der Waals surface area contributed by atoms with Crippen LogP contribution in [0.1, 0.15) is 23.1 Å². The van der Waals surface area contributed by atoms with Crippen molar-refractivity contribution in [2.45, 2.75) is 12.5 Å². The summed E-state index contributed by atoms with van der Waals surface area (Å²) in [6.07, 6.45) is 2.18. The number of rotatable bonds is 5. The first kappa shape index (κ1) is 17.5. The first-order valence-electron chi connectivity index (χ1n) is 8.56. The Bertz CT molecular complexity index is 954. The number of hydrazone groups is 1. The number of amides is 1. The molecule has 7 heteroatoms. The number of halogens is 1. The fourth-order valence-corrected chi connectivity index (χ4v) is 3.88. The molecule has 1 amide bonds. The number of hydrogen-bond acceptors (Lipinski definition) is 5. The molecule has 0 spiro atoms. The number of nitrogens with zero attached hydrogens (tertiary/aromatic N) is 3. The van der Waals surface area contributed by atoms with Crippen LogP contribution in [0.3, 0.4) is 0 Å². The van der Waals surface area contributed by atoms with Gasteiger partial charge in [-0.3, -0.25) is 4.79 Å². The predicted molar refractivity (Wildman–Crippen MR) is 103 cm³/mol. The van der Waals surface area contributed by atoms with Crippen LogP contribution in [0.4, 0.5) is 10.1 Å². The largest absolute Gasteiger partial charge is 0.467 e. The molecule has 3 heterocycles. The highest BCUT2D eigenvalue weighted by atomic mass is 32.1. The number of carbonyl (C=O) groups is 1. The lowest BCUT2D eigenvalue weighted by Crippen LogP contribution is -2.36. The molecule has 0 radical (unpaired) electrons. The average molecular weight is 383 g/mol. The molecule has 0 saturated carbocycles. The Morgan fingerprint density at radius 2 is 2.15 bits per heavy atom. The third-order valence-electron chi connectivity index (χ3n) is 4.48. The van der Waals surface area contributed by atoms with Gasteiger partial charge in [-0.15, -0.1) is 11.3 Å². The molecule has 0 saturated heterocycles. The molecule has 0 N–H and O–H groups in total. The van der Waals surface area contributed by atoms with E-state index in [9.17, 15) is 9.18 Å². The van der Waals surface area contributed by atoms with Gasteiger partial charge in [-0.25, -0.2) is 9.40 Å². The Morgan fingerprint density at radius 1 is 1.30 bits per heavy atom. The second-order valence-corrected chi connectivity index (χ2v) is 7.25. The van der Waals surface area contributed by atoms with Crippen LogP contribution in [-0.4, -0.2) is 30.2 Å². The molecule has 1 aromatic carbocycles. The molecule has 0 aliphatic carbocycles. The van der Waals surface area contributed by atoms with Gasteiger partial charge in [0.25, 0.3) is 5.91 Å². The Kier molecular flexibility index (Phi) is 4.77. The first-order valence-corrected chi connectivity index (χ1v) is 9.44. The zero-order valence-corrected chi connectivity index (χ0v) is 15.5. The number of hydrogen-bond donors (Lipinski definition) is 0. The maximum atomic E-state index is 14.0. The first-order chi connectivity index (χ1) is 13.1. The van der Waals surface area contributed by atoms with Crippen molar-refractivity contribution in [1.29, 1.82) is 0 Å². The molecule has 3 aromatic rings. The number of thiophene rings is 1. The summed E-state index contributed by atoms with van der Waals surface area (Å²) in [5, 5.41) is 8.01. The SMILES string of the molecule is CN(CC(=O)N1N=C(c2cccs2)CC1c1ccco1)c1ccccc1F. The molecule has 4 rings (SSSR count). The second kappa shape index (κ2) is 7.36. The van der Waals surface area contributed by atoms with E-state index in [0.717, 1.165) is 10.6 Å². The third kappa shape index (κ3) is 3.50. The van der Waals surface area contributed by atoms with Crippen molar-refractivity contribution in [3.63, 3.8) is 0 Å². The van der Waals surface area contributed by atoms with Gasteiger partial charge >= 0.3 is 0 Å². The fourth-order valence-electron chi connectivity index (χ4n) is 3.16. The van der Waals surface area contributed by atoms with Gasteiger partial charge in [0.2, 0.25) is 0 Å². The van der Waals surface area contributed by atoms with Gasteiger partial charge in [0.15, 0.2) is 0 Å². The number of para-hydroxylation sites is 1. The van der Waals surface area contributed by atoms with Crippen molar-refractivity contribution < 1.29 is 13.6 Å². The zero-order valence-electron chi connectivity index (χ0n) is 14.7. The Balaban J connectivity index is 1.58. The van der Waals surface area contributed by atoms with Crippen LogP contribution in [0.15, 0.2) is 69.7 Å². The van der Waals surface area contributed by atoms with Crippen molar-refractivity contribution in [1.82, 2.24) is 5.01 Å². The van der Waals surface area contributed by atoms with E-state index in [2.05, 4.69) is 5.10 Å². The van der Waals surface area contributed by atoms with Crippen LogP contribution < -0.4 is 4.90 Å². The van der Waals surface area contributed by atoms with E-state index in [4.69, 9.17) is 4.42 Å². The smallest absolute Gasteiger partial charge is 0.262 e. The van der Waals surface area contributed by atoms with Crippen LogP contribution in [0, 0.1) is 5.82 Å². The molecule has 0 fully saturated rings. The number of anilines is 1. The normalized spacial score (nSPS) is 16.4. The number of carbonyl (C=O) groups excluding carboxylic acids is 1. The summed E-state index contributed by atoms with van der Waals surface area (Å²) in [5.41, 5.74) is 1.23. The summed E-state index contributed by atoms with van der Waals surface area (Å²) in [4.78, 5) is 15.6. The third-order valence-corrected chi connectivity index (χ3v) is 5.40. The maximum absolute atomic E-state index is 14.0. The summed E-state index contributed by atoms with van der Waals surface area (Å²) < 4.78 is 19.5. The van der Waals surface area contributed by atoms with Gasteiger partial charge in [0.1, 0.15) is 17.6 Å². The molecule has 27 heavy (non-hydrogen) atoms. The lowest BCUT2D eigenvalue weighted by Gasteiger charge is -2.24. The summed E-state index contributed by atoms with van der Waals surface area (Å²) in [6, 6.07) is 13.7. The van der Waals surface area contributed by atoms with E-state index in [-0.39, 0.29) is 24.3 Å². The summed E-state index contributed by atoms with van der Waals surface area (Å²) in [7, 11) is 1.69. The minimum absolute atomic E-state index is 0.0133. The zero-order chi connectivity index (χ0) is 18.8. The van der Waals surface area contributed by atoms with E-state index in [1.54, 1.807) is 53.8 Å². The molecular weight excluding hydrogens is 365 g/mol. The summed E-state index contributed by atoms with van der Waals surface area (Å²) in [6.45, 7) is 0.0133. The Hall–Kier alpha value is -2.93. The second-order valence-electron chi connectivity index (χ2n) is 6.31. The quantitative estimate of drug-likeness (QED) is 0.660. The fraction of sp³-hybridized carbons (Fsp3) is 0.200. The summed E-state index contributed by atoms with van der Waals surface area (Å²) in [5.74, 6) is 0.112. The van der Waals surface area contributed by atoms with Gasteiger partial charge in [-0.05, 0) is 35.7 Å². The van der Waals surface area contributed by atoms with Crippen molar-refractivity contribution in [2.75, 3.05) is 18.5 Å². The standard InChI is InChI=1S/C20H18FN3O2S/c1-23(16-7-3-2-6-14(16)21)13-20(25)24-17(18-8-4-10-26-18)12-15(22-24)19-9-5-11-27-19/h2-11,17H,12-13H2,1H3. The molecule has 1 unspecified atom stereocenters. The predicted octanol–water partition coefficient (Wildman–Crippen LogP) is 4.29. The van der Waals surface area contributed by atoms with Crippen LogP contribution in [0.5, 0.6) is 0 Å². The average Bonchev–Trinajstić information content (AvgIpc) is 3.41. The molecular formula is C20H18FN3O2S. The van der Waals surface area contributed by atoms with Gasteiger partial charge in [0, 0.05) is 13.5 Å². The van der Waals surface area contributed by atoms with Crippen molar-refractivity contribution >= 4 is 28.6 Å². The number of furan rings is 1. The molecule has 5 nitrogen and oxygen atoms in total. The van der Waals surface area contributed by atoms with Gasteiger partial charge in [0.05, 0.1) is 29.1 Å². The molecule has 1 aliphatic heterocycles. The van der Waals surface area contributed by atoms with Gasteiger partial charge in [-0.1, -0.05) is 18.2 Å². The number of likely N-dealkylation sites (N-methyl/N-ethyl adjacent to an activating group) is 1. The highest BCUT2D eigenvalue weighted by molar-refractivity contribution is 7.12. The van der Waals surface area contributed by atoms with E-state index < -0.39 is 0 Å². The van der Waals surface area contributed by atoms with Crippen LogP contribution in [0.2, 0.25) is 0 Å².